The van der Waals surface area contributed by atoms with E-state index < -0.39 is 0 Å². The topological polar surface area (TPSA) is 73.8 Å². The maximum atomic E-state index is 13.0. The van der Waals surface area contributed by atoms with Gasteiger partial charge in [-0.15, -0.1) is 0 Å². The number of thioether (sulfide) groups is 1. The average Bonchev–Trinajstić information content (AvgIpc) is 3.18. The van der Waals surface area contributed by atoms with Crippen LogP contribution >= 0.6 is 27.7 Å². The first-order valence-electron chi connectivity index (χ1n) is 9.28. The van der Waals surface area contributed by atoms with Crippen LogP contribution in [0.2, 0.25) is 0 Å². The maximum Gasteiger partial charge on any atom is 0.262 e. The molecule has 0 amide bonds. The lowest BCUT2D eigenvalue weighted by atomic mass is 10.1. The lowest BCUT2D eigenvalue weighted by Gasteiger charge is -2.11. The van der Waals surface area contributed by atoms with Crippen molar-refractivity contribution in [2.24, 2.45) is 0 Å². The first-order chi connectivity index (χ1) is 14.1. The highest BCUT2D eigenvalue weighted by atomic mass is 79.9. The lowest BCUT2D eigenvalue weighted by Crippen LogP contribution is -2.23. The number of aryl methyl sites for hydroxylation is 1. The lowest BCUT2D eigenvalue weighted by molar-refractivity contribution is 0.391. The van der Waals surface area contributed by atoms with Crippen LogP contribution < -0.4 is 5.56 Å². The predicted octanol–water partition coefficient (Wildman–Crippen LogP) is 5.22. The summed E-state index contributed by atoms with van der Waals surface area (Å²) in [7, 11) is 0. The fourth-order valence-corrected chi connectivity index (χ4v) is 4.30. The minimum Gasteiger partial charge on any atom is -0.338 e. The highest BCUT2D eigenvalue weighted by Crippen LogP contribution is 2.25. The molecule has 0 saturated heterocycles. The molecule has 8 heteroatoms. The predicted molar refractivity (Wildman–Crippen MR) is 118 cm³/mol. The van der Waals surface area contributed by atoms with Crippen LogP contribution in [-0.2, 0) is 12.3 Å². The third-order valence-corrected chi connectivity index (χ3v) is 5.96. The van der Waals surface area contributed by atoms with E-state index in [0.717, 1.165) is 22.0 Å². The van der Waals surface area contributed by atoms with Crippen molar-refractivity contribution in [1.82, 2.24) is 19.7 Å². The minimum atomic E-state index is -0.0354. The second-order valence-electron chi connectivity index (χ2n) is 6.63. The standard InChI is InChI=1S/C21H19BrN4O2S/c1-3-10-26-20(27)16-11-14(22)8-9-17(16)23-21(26)29-12-18-24-19(25-28-18)15-7-5-4-6-13(15)2/h4-9,11H,3,10,12H2,1-2H3. The van der Waals surface area contributed by atoms with Crippen LogP contribution in [0, 0.1) is 6.92 Å². The van der Waals surface area contributed by atoms with Gasteiger partial charge in [-0.25, -0.2) is 4.98 Å². The average molecular weight is 471 g/mol. The van der Waals surface area contributed by atoms with Crippen LogP contribution in [0.15, 0.2) is 61.4 Å². The van der Waals surface area contributed by atoms with Gasteiger partial charge >= 0.3 is 0 Å². The van der Waals surface area contributed by atoms with Gasteiger partial charge in [0.1, 0.15) is 0 Å². The summed E-state index contributed by atoms with van der Waals surface area (Å²) in [4.78, 5) is 22.2. The van der Waals surface area contributed by atoms with Gasteiger partial charge in [0.2, 0.25) is 11.7 Å². The summed E-state index contributed by atoms with van der Waals surface area (Å²) in [6.45, 7) is 4.66. The number of halogens is 1. The van der Waals surface area contributed by atoms with Gasteiger partial charge in [-0.05, 0) is 37.1 Å². The molecule has 0 saturated carbocycles. The van der Waals surface area contributed by atoms with Gasteiger partial charge in [0.15, 0.2) is 5.16 Å². The van der Waals surface area contributed by atoms with Crippen molar-refractivity contribution in [2.45, 2.75) is 37.7 Å². The fraction of sp³-hybridized carbons (Fsp3) is 0.238. The monoisotopic (exact) mass is 470 g/mol. The summed E-state index contributed by atoms with van der Waals surface area (Å²) in [5, 5.41) is 5.36. The second-order valence-corrected chi connectivity index (χ2v) is 8.49. The number of fused-ring (bicyclic) bond motifs is 1. The highest BCUT2D eigenvalue weighted by molar-refractivity contribution is 9.10. The number of rotatable bonds is 6. The molecule has 148 valence electrons. The van der Waals surface area contributed by atoms with Gasteiger partial charge < -0.3 is 4.52 Å². The van der Waals surface area contributed by atoms with Crippen LogP contribution in [-0.4, -0.2) is 19.7 Å². The van der Waals surface area contributed by atoms with Crippen LogP contribution in [0.25, 0.3) is 22.3 Å². The molecule has 0 aliphatic heterocycles. The second kappa shape index (κ2) is 8.51. The first-order valence-corrected chi connectivity index (χ1v) is 11.1. The molecule has 0 aliphatic rings. The Morgan fingerprint density at radius 2 is 2.00 bits per heavy atom. The molecular weight excluding hydrogens is 452 g/mol. The van der Waals surface area contributed by atoms with E-state index in [1.165, 1.54) is 11.8 Å². The van der Waals surface area contributed by atoms with Gasteiger partial charge in [0, 0.05) is 16.6 Å². The van der Waals surface area contributed by atoms with Crippen molar-refractivity contribution in [3.63, 3.8) is 0 Å². The maximum absolute atomic E-state index is 13.0. The summed E-state index contributed by atoms with van der Waals surface area (Å²) in [6.07, 6.45) is 0.840. The van der Waals surface area contributed by atoms with Gasteiger partial charge in [-0.2, -0.15) is 4.98 Å². The van der Waals surface area contributed by atoms with E-state index in [1.807, 2.05) is 56.3 Å². The van der Waals surface area contributed by atoms with Crippen LogP contribution in [0.5, 0.6) is 0 Å². The summed E-state index contributed by atoms with van der Waals surface area (Å²) >= 11 is 4.86. The minimum absolute atomic E-state index is 0.0354. The van der Waals surface area contributed by atoms with Crippen molar-refractivity contribution in [3.05, 3.63) is 68.7 Å². The van der Waals surface area contributed by atoms with E-state index in [1.54, 1.807) is 4.57 Å². The normalized spacial score (nSPS) is 11.3. The van der Waals surface area contributed by atoms with Gasteiger partial charge in [0.05, 0.1) is 16.7 Å². The molecule has 0 bridgehead atoms. The number of hydrogen-bond acceptors (Lipinski definition) is 6. The molecule has 4 aromatic rings. The molecule has 2 aromatic carbocycles. The van der Waals surface area contributed by atoms with Crippen molar-refractivity contribution < 1.29 is 4.52 Å². The van der Waals surface area contributed by atoms with Crippen LogP contribution in [0.4, 0.5) is 0 Å². The SMILES string of the molecule is CCCn1c(SCc2nc(-c3ccccc3C)no2)nc2ccc(Br)cc2c1=O. The largest absolute Gasteiger partial charge is 0.338 e. The molecule has 0 N–H and O–H groups in total. The van der Waals surface area contributed by atoms with Crippen molar-refractivity contribution in [2.75, 3.05) is 0 Å². The quantitative estimate of drug-likeness (QED) is 0.284. The molecule has 0 radical (unpaired) electrons. The number of nitrogens with zero attached hydrogens (tertiary/aromatic N) is 4. The number of hydrogen-bond donors (Lipinski definition) is 0. The van der Waals surface area contributed by atoms with E-state index in [0.29, 0.717) is 40.1 Å². The molecule has 29 heavy (non-hydrogen) atoms. The Bertz CT molecular complexity index is 1240. The summed E-state index contributed by atoms with van der Waals surface area (Å²) in [5.41, 5.74) is 2.68. The Labute approximate surface area is 180 Å². The zero-order chi connectivity index (χ0) is 20.4. The molecular formula is C21H19BrN4O2S. The molecule has 0 fully saturated rings. The fourth-order valence-electron chi connectivity index (χ4n) is 3.08. The Kier molecular flexibility index (Phi) is 5.82. The molecule has 0 spiro atoms. The Hall–Kier alpha value is -2.45. The Morgan fingerprint density at radius 3 is 2.79 bits per heavy atom. The summed E-state index contributed by atoms with van der Waals surface area (Å²) in [6, 6.07) is 13.5. The third-order valence-electron chi connectivity index (χ3n) is 4.51. The van der Waals surface area contributed by atoms with E-state index in [-0.39, 0.29) is 5.56 Å². The van der Waals surface area contributed by atoms with Gasteiger partial charge in [0.25, 0.3) is 5.56 Å². The van der Waals surface area contributed by atoms with E-state index in [9.17, 15) is 4.79 Å². The summed E-state index contributed by atoms with van der Waals surface area (Å²) in [5.74, 6) is 1.51. The third kappa shape index (κ3) is 4.13. The van der Waals surface area contributed by atoms with Crippen molar-refractivity contribution in [1.29, 1.82) is 0 Å². The smallest absolute Gasteiger partial charge is 0.262 e. The van der Waals surface area contributed by atoms with E-state index in [2.05, 4.69) is 26.1 Å². The number of aromatic nitrogens is 4. The molecule has 0 atom stereocenters. The van der Waals surface area contributed by atoms with Crippen molar-refractivity contribution >= 4 is 38.6 Å². The Balaban J connectivity index is 1.63. The molecule has 4 rings (SSSR count). The van der Waals surface area contributed by atoms with E-state index >= 15 is 0 Å². The van der Waals surface area contributed by atoms with Crippen molar-refractivity contribution in [3.8, 4) is 11.4 Å². The zero-order valence-electron chi connectivity index (χ0n) is 16.1. The Morgan fingerprint density at radius 1 is 1.17 bits per heavy atom. The van der Waals surface area contributed by atoms with Crippen LogP contribution in [0.1, 0.15) is 24.8 Å². The van der Waals surface area contributed by atoms with Crippen LogP contribution in [0.3, 0.4) is 0 Å². The molecule has 0 aliphatic carbocycles. The molecule has 2 heterocycles. The van der Waals surface area contributed by atoms with Gasteiger partial charge in [-0.1, -0.05) is 64.0 Å². The number of benzene rings is 2. The first kappa shape index (κ1) is 19.8. The molecule has 6 nitrogen and oxygen atoms in total. The zero-order valence-corrected chi connectivity index (χ0v) is 18.5. The van der Waals surface area contributed by atoms with Gasteiger partial charge in [-0.3, -0.25) is 9.36 Å². The summed E-state index contributed by atoms with van der Waals surface area (Å²) < 4.78 is 8.01. The highest BCUT2D eigenvalue weighted by Gasteiger charge is 2.15. The molecule has 0 unspecified atom stereocenters. The molecule has 2 aromatic heterocycles. The van der Waals surface area contributed by atoms with E-state index in [4.69, 9.17) is 9.51 Å².